The molecule has 0 unspecified atom stereocenters. The Morgan fingerprint density at radius 1 is 0.587 bits per heavy atom. The van der Waals surface area contributed by atoms with Gasteiger partial charge in [-0.15, -0.1) is 0 Å². The highest BCUT2D eigenvalue weighted by atomic mass is 16.6. The maximum absolute atomic E-state index is 14.4. The van der Waals surface area contributed by atoms with E-state index >= 15 is 0 Å². The van der Waals surface area contributed by atoms with Gasteiger partial charge in [-0.1, -0.05) is 110 Å². The van der Waals surface area contributed by atoms with Crippen LogP contribution >= 0.6 is 0 Å². The topological polar surface area (TPSA) is 113 Å². The Morgan fingerprint density at radius 3 is 1.78 bits per heavy atom. The van der Waals surface area contributed by atoms with Gasteiger partial charge >= 0.3 is 5.97 Å². The summed E-state index contributed by atoms with van der Waals surface area (Å²) in [5.41, 5.74) is 2.59. The molecule has 0 bridgehead atoms. The van der Waals surface area contributed by atoms with Gasteiger partial charge in [0.05, 0.1) is 39.6 Å². The van der Waals surface area contributed by atoms with Crippen LogP contribution in [0.25, 0.3) is 0 Å². The third kappa shape index (κ3) is 14.9. The van der Waals surface area contributed by atoms with Crippen molar-refractivity contribution in [2.75, 3.05) is 39.6 Å². The number of unbranched alkanes of at least 4 members (excludes halogenated alkanes) is 6. The minimum absolute atomic E-state index is 0.100. The molecule has 0 radical (unpaired) electrons. The molecule has 2 heterocycles. The van der Waals surface area contributed by atoms with Crippen LogP contribution in [0.3, 0.4) is 0 Å². The van der Waals surface area contributed by atoms with E-state index in [1.54, 1.807) is 12.1 Å². The highest BCUT2D eigenvalue weighted by Gasteiger charge is 2.38. The fraction of sp³-hybridized carbons (Fsp3) is 0.538. The smallest absolute Gasteiger partial charge is 0.357 e. The second-order valence-corrected chi connectivity index (χ2v) is 15.9. The molecule has 2 atom stereocenters. The number of carbonyl (C=O) groups excluding carboxylic acids is 1. The first-order valence-electron chi connectivity index (χ1n) is 23.6. The summed E-state index contributed by atoms with van der Waals surface area (Å²) in [6, 6.07) is 21.1. The third-order valence-electron chi connectivity index (χ3n) is 10.6. The van der Waals surface area contributed by atoms with E-state index < -0.39 is 18.2 Å². The summed E-state index contributed by atoms with van der Waals surface area (Å²) < 4.78 is 57.8. The van der Waals surface area contributed by atoms with Crippen molar-refractivity contribution in [1.82, 2.24) is 4.98 Å². The average molecular weight is 870 g/mol. The van der Waals surface area contributed by atoms with Crippen LogP contribution in [0.5, 0.6) is 46.1 Å². The first-order chi connectivity index (χ1) is 30.9. The Labute approximate surface area is 376 Å². The number of carbonyl (C=O) groups is 1. The minimum Gasteiger partial charge on any atom is -0.493 e. The predicted molar refractivity (Wildman–Crippen MR) is 247 cm³/mol. The summed E-state index contributed by atoms with van der Waals surface area (Å²) in [4.78, 5) is 19.0. The van der Waals surface area contributed by atoms with Crippen LogP contribution in [0.15, 0.2) is 66.7 Å². The molecule has 0 fully saturated rings. The second-order valence-electron chi connectivity index (χ2n) is 15.9. The number of ether oxygens (including phenoxy) is 9. The lowest BCUT2D eigenvalue weighted by molar-refractivity contribution is -0.0195. The van der Waals surface area contributed by atoms with Crippen molar-refractivity contribution < 1.29 is 47.4 Å². The Kier molecular flexibility index (Phi) is 20.9. The zero-order valence-corrected chi connectivity index (χ0v) is 38.7. The molecule has 0 saturated carbocycles. The molecule has 0 amide bonds. The summed E-state index contributed by atoms with van der Waals surface area (Å²) >= 11 is 0. The summed E-state index contributed by atoms with van der Waals surface area (Å²) in [5, 5.41) is 0. The molecule has 3 aromatic carbocycles. The number of pyridine rings is 1. The molecular formula is C52H71NO10. The van der Waals surface area contributed by atoms with Crippen molar-refractivity contribution in [2.24, 2.45) is 0 Å². The van der Waals surface area contributed by atoms with E-state index in [1.165, 1.54) is 0 Å². The number of fused-ring (bicyclic) bond motifs is 1. The molecule has 5 rings (SSSR count). The first-order valence-corrected chi connectivity index (χ1v) is 23.6. The van der Waals surface area contributed by atoms with E-state index in [-0.39, 0.29) is 11.6 Å². The predicted octanol–water partition coefficient (Wildman–Crippen LogP) is 12.6. The Hall–Kier alpha value is -5.32. The molecule has 0 saturated heterocycles. The van der Waals surface area contributed by atoms with Crippen LogP contribution in [-0.4, -0.2) is 56.7 Å². The quantitative estimate of drug-likeness (QED) is 0.0369. The van der Waals surface area contributed by atoms with Gasteiger partial charge < -0.3 is 42.6 Å². The van der Waals surface area contributed by atoms with E-state index in [1.807, 2.05) is 54.6 Å². The molecule has 0 aliphatic carbocycles. The molecular weight excluding hydrogens is 799 g/mol. The van der Waals surface area contributed by atoms with Gasteiger partial charge in [-0.2, -0.15) is 0 Å². The molecule has 4 aromatic rings. The number of hydrogen-bond acceptors (Lipinski definition) is 11. The molecule has 1 aliphatic heterocycles. The molecule has 11 nitrogen and oxygen atoms in total. The van der Waals surface area contributed by atoms with Crippen molar-refractivity contribution in [3.05, 3.63) is 89.1 Å². The number of benzene rings is 3. The van der Waals surface area contributed by atoms with Gasteiger partial charge in [0.15, 0.2) is 29.0 Å². The fourth-order valence-electron chi connectivity index (χ4n) is 6.77. The first kappa shape index (κ1) is 48.7. The van der Waals surface area contributed by atoms with Gasteiger partial charge in [0, 0.05) is 29.7 Å². The lowest BCUT2D eigenvalue weighted by Gasteiger charge is -2.35. The second kappa shape index (κ2) is 27.0. The van der Waals surface area contributed by atoms with Crippen LogP contribution < -0.4 is 37.9 Å². The van der Waals surface area contributed by atoms with Gasteiger partial charge in [0.25, 0.3) is 5.88 Å². The molecule has 344 valence electrons. The number of esters is 1. The van der Waals surface area contributed by atoms with Crippen LogP contribution in [0.1, 0.15) is 152 Å². The standard InChI is InChI=1S/C52H71NO10/c1-7-13-26-55-40-34-44(57-28-15-9-3)41-36-48(63-52(54)42-24-25-43(56-27-14-8-2)51(53-42)60-31-18-12-6)49(62-45(41)35-40)39-32-46(58-29-16-10-4)50(59-30-17-11-5)47(33-39)61-37-38-22-20-19-21-23-38/h19-25,32-35,48-49H,7-18,26-31,36-37H2,1-6H3/t48-,49+/m1/s1. The lowest BCUT2D eigenvalue weighted by Crippen LogP contribution is -2.35. The van der Waals surface area contributed by atoms with Gasteiger partial charge in [0.1, 0.15) is 30.0 Å². The normalized spacial score (nSPS) is 14.3. The van der Waals surface area contributed by atoms with Crippen molar-refractivity contribution in [2.45, 2.75) is 144 Å². The van der Waals surface area contributed by atoms with Crippen molar-refractivity contribution in [3.8, 4) is 46.1 Å². The SMILES string of the molecule is CCCCOc1cc(OCCCC)c2c(c1)O[C@@H](c1cc(OCCCC)c(OCCCC)c(OCc3ccccc3)c1)[C@H](OC(=O)c1ccc(OCCCC)c(OCCCC)n1)C2. The fourth-order valence-corrected chi connectivity index (χ4v) is 6.77. The number of aromatic nitrogens is 1. The van der Waals surface area contributed by atoms with Crippen LogP contribution in [0, 0.1) is 0 Å². The van der Waals surface area contributed by atoms with E-state index in [9.17, 15) is 4.79 Å². The van der Waals surface area contributed by atoms with Crippen LogP contribution in [-0.2, 0) is 17.8 Å². The van der Waals surface area contributed by atoms with E-state index in [4.69, 9.17) is 42.6 Å². The number of rotatable bonds is 30. The summed E-state index contributed by atoms with van der Waals surface area (Å²) in [6.45, 7) is 16.0. The molecule has 0 N–H and O–H groups in total. The molecule has 1 aliphatic rings. The van der Waals surface area contributed by atoms with E-state index in [0.717, 1.165) is 88.2 Å². The highest BCUT2D eigenvalue weighted by molar-refractivity contribution is 5.88. The Bertz CT molecular complexity index is 1950. The zero-order chi connectivity index (χ0) is 44.7. The van der Waals surface area contributed by atoms with Crippen molar-refractivity contribution >= 4 is 5.97 Å². The summed E-state index contributed by atoms with van der Waals surface area (Å²) in [6.07, 6.45) is 9.74. The number of nitrogens with zero attached hydrogens (tertiary/aromatic N) is 1. The molecule has 63 heavy (non-hydrogen) atoms. The minimum atomic E-state index is -0.825. The molecule has 0 spiro atoms. The van der Waals surface area contributed by atoms with Gasteiger partial charge in [-0.3, -0.25) is 0 Å². The van der Waals surface area contributed by atoms with Crippen molar-refractivity contribution in [3.63, 3.8) is 0 Å². The average Bonchev–Trinajstić information content (AvgIpc) is 3.30. The summed E-state index contributed by atoms with van der Waals surface area (Å²) in [7, 11) is 0. The molecule has 1 aromatic heterocycles. The van der Waals surface area contributed by atoms with Gasteiger partial charge in [-0.05, 0) is 68.4 Å². The van der Waals surface area contributed by atoms with E-state index in [2.05, 4.69) is 46.5 Å². The summed E-state index contributed by atoms with van der Waals surface area (Å²) in [5.74, 6) is 3.60. The van der Waals surface area contributed by atoms with Gasteiger partial charge in [-0.25, -0.2) is 9.78 Å². The lowest BCUT2D eigenvalue weighted by atomic mass is 9.93. The van der Waals surface area contributed by atoms with Crippen LogP contribution in [0.4, 0.5) is 0 Å². The third-order valence-corrected chi connectivity index (χ3v) is 10.6. The number of hydrogen-bond donors (Lipinski definition) is 0. The maximum atomic E-state index is 14.4. The monoisotopic (exact) mass is 870 g/mol. The Balaban J connectivity index is 1.61. The van der Waals surface area contributed by atoms with Gasteiger partial charge in [0.2, 0.25) is 5.75 Å². The Morgan fingerprint density at radius 2 is 1.14 bits per heavy atom. The molecule has 11 heteroatoms. The highest BCUT2D eigenvalue weighted by Crippen LogP contribution is 2.47. The van der Waals surface area contributed by atoms with Crippen LogP contribution in [0.2, 0.25) is 0 Å². The maximum Gasteiger partial charge on any atom is 0.357 e. The zero-order valence-electron chi connectivity index (χ0n) is 38.7. The van der Waals surface area contributed by atoms with E-state index in [0.29, 0.717) is 98.5 Å². The largest absolute Gasteiger partial charge is 0.493 e. The van der Waals surface area contributed by atoms with Crippen molar-refractivity contribution in [1.29, 1.82) is 0 Å².